The van der Waals surface area contributed by atoms with Crippen molar-refractivity contribution in [2.75, 3.05) is 19.6 Å². The van der Waals surface area contributed by atoms with Crippen LogP contribution >= 0.6 is 11.6 Å². The highest BCUT2D eigenvalue weighted by Gasteiger charge is 2.32. The number of aromatic nitrogens is 2. The van der Waals surface area contributed by atoms with E-state index < -0.39 is 11.4 Å². The second-order valence-electron chi connectivity index (χ2n) is 11.8. The summed E-state index contributed by atoms with van der Waals surface area (Å²) in [6.45, 7) is 9.80. The Hall–Kier alpha value is -2.90. The van der Waals surface area contributed by atoms with E-state index in [1.165, 1.54) is 18.1 Å². The van der Waals surface area contributed by atoms with Crippen LogP contribution in [0.4, 0.5) is 9.18 Å². The van der Waals surface area contributed by atoms with Crippen LogP contribution in [-0.2, 0) is 17.8 Å². The molecule has 0 N–H and O–H groups in total. The largest absolute Gasteiger partial charge is 0.444 e. The van der Waals surface area contributed by atoms with Crippen molar-refractivity contribution in [1.82, 2.24) is 19.4 Å². The third kappa shape index (κ3) is 6.82. The van der Waals surface area contributed by atoms with E-state index in [4.69, 9.17) is 21.3 Å². The predicted octanol–water partition coefficient (Wildman–Crippen LogP) is 7.12. The zero-order chi connectivity index (χ0) is 27.6. The van der Waals surface area contributed by atoms with Crippen molar-refractivity contribution >= 4 is 17.7 Å². The van der Waals surface area contributed by atoms with Crippen LogP contribution in [0.1, 0.15) is 63.8 Å². The van der Waals surface area contributed by atoms with Gasteiger partial charge in [0.1, 0.15) is 17.2 Å². The Bertz CT molecular complexity index is 1280. The zero-order valence-electron chi connectivity index (χ0n) is 23.1. The number of hydrogen-bond acceptors (Lipinski definition) is 4. The molecule has 2 aromatic carbocycles. The standard InChI is InChI=1S/C31H38ClFN4O2/c1-31(2,3)39-30(38)35-16-13-23(14-17-35)29-34-28(24-11-12-27(33)26(32)18-24)21-37(29)20-25-10-7-15-36(25)19-22-8-5-4-6-9-22/h4-6,8-9,11-12,18,21,23,25H,7,10,13-17,19-20H2,1-3H3. The quantitative estimate of drug-likeness (QED) is 0.326. The van der Waals surface area contributed by atoms with Crippen LogP contribution in [0.15, 0.2) is 54.7 Å². The fourth-order valence-electron chi connectivity index (χ4n) is 5.70. The number of nitrogens with zero attached hydrogens (tertiary/aromatic N) is 4. The van der Waals surface area contributed by atoms with Crippen molar-refractivity contribution in [3.05, 3.63) is 77.0 Å². The molecule has 2 fully saturated rings. The van der Waals surface area contributed by atoms with E-state index in [1.54, 1.807) is 17.0 Å². The molecule has 3 aromatic rings. The first kappa shape index (κ1) is 27.7. The third-order valence-corrected chi connectivity index (χ3v) is 7.96. The normalized spacial score (nSPS) is 19.0. The fraction of sp³-hybridized carbons (Fsp3) is 0.484. The Labute approximate surface area is 235 Å². The van der Waals surface area contributed by atoms with E-state index in [-0.39, 0.29) is 17.0 Å². The minimum Gasteiger partial charge on any atom is -0.444 e. The van der Waals surface area contributed by atoms with Gasteiger partial charge in [0, 0.05) is 49.9 Å². The first-order chi connectivity index (χ1) is 18.7. The first-order valence-corrected chi connectivity index (χ1v) is 14.3. The summed E-state index contributed by atoms with van der Waals surface area (Å²) in [7, 11) is 0. The molecule has 1 atom stereocenters. The predicted molar refractivity (Wildman–Crippen MR) is 152 cm³/mol. The fourth-order valence-corrected chi connectivity index (χ4v) is 5.88. The summed E-state index contributed by atoms with van der Waals surface area (Å²) in [4.78, 5) is 22.1. The van der Waals surface area contributed by atoms with Gasteiger partial charge in [0.25, 0.3) is 0 Å². The Balaban J connectivity index is 1.37. The summed E-state index contributed by atoms with van der Waals surface area (Å²) in [5, 5.41) is 0.0964. The van der Waals surface area contributed by atoms with E-state index in [1.807, 2.05) is 20.8 Å². The number of amides is 1. The van der Waals surface area contributed by atoms with E-state index in [0.717, 1.165) is 56.0 Å². The van der Waals surface area contributed by atoms with Crippen LogP contribution in [0.25, 0.3) is 11.3 Å². The number of carbonyl (C=O) groups excluding carboxylic acids is 1. The summed E-state index contributed by atoms with van der Waals surface area (Å²) in [6, 6.07) is 15.8. The van der Waals surface area contributed by atoms with Crippen LogP contribution < -0.4 is 0 Å². The zero-order valence-corrected chi connectivity index (χ0v) is 23.8. The summed E-state index contributed by atoms with van der Waals surface area (Å²) < 4.78 is 21.8. The van der Waals surface area contributed by atoms with Crippen LogP contribution in [0, 0.1) is 5.82 Å². The average molecular weight is 553 g/mol. The van der Waals surface area contributed by atoms with Crippen LogP contribution in [-0.4, -0.2) is 56.7 Å². The lowest BCUT2D eigenvalue weighted by molar-refractivity contribution is 0.0202. The molecule has 0 aliphatic carbocycles. The van der Waals surface area contributed by atoms with Crippen molar-refractivity contribution in [2.24, 2.45) is 0 Å². The van der Waals surface area contributed by atoms with Crippen molar-refractivity contribution < 1.29 is 13.9 Å². The molecule has 8 heteroatoms. The number of halogens is 2. The topological polar surface area (TPSA) is 50.6 Å². The highest BCUT2D eigenvalue weighted by molar-refractivity contribution is 6.31. The molecular formula is C31H38ClFN4O2. The second-order valence-corrected chi connectivity index (χ2v) is 12.2. The lowest BCUT2D eigenvalue weighted by atomic mass is 9.96. The SMILES string of the molecule is CC(C)(C)OC(=O)N1CCC(c2nc(-c3ccc(F)c(Cl)c3)cn2CC2CCCN2Cc2ccccc2)CC1. The molecule has 208 valence electrons. The van der Waals surface area contributed by atoms with Crippen molar-refractivity contribution in [3.63, 3.8) is 0 Å². The molecule has 5 rings (SSSR count). The number of ether oxygens (including phenoxy) is 1. The van der Waals surface area contributed by atoms with Gasteiger partial charge in [-0.15, -0.1) is 0 Å². The van der Waals surface area contributed by atoms with Crippen molar-refractivity contribution in [3.8, 4) is 11.3 Å². The summed E-state index contributed by atoms with van der Waals surface area (Å²) in [5.41, 5.74) is 2.42. The maximum absolute atomic E-state index is 13.9. The number of likely N-dealkylation sites (tertiary alicyclic amines) is 2. The van der Waals surface area contributed by atoms with Gasteiger partial charge in [-0.1, -0.05) is 41.9 Å². The number of carbonyl (C=O) groups is 1. The molecule has 2 aliphatic heterocycles. The van der Waals surface area contributed by atoms with Gasteiger partial charge < -0.3 is 14.2 Å². The van der Waals surface area contributed by atoms with E-state index in [0.29, 0.717) is 19.1 Å². The molecule has 2 saturated heterocycles. The summed E-state index contributed by atoms with van der Waals surface area (Å²) >= 11 is 6.12. The lowest BCUT2D eigenvalue weighted by Crippen LogP contribution is -2.41. The Morgan fingerprint density at radius 3 is 2.51 bits per heavy atom. The number of piperidine rings is 1. The molecule has 0 radical (unpaired) electrons. The molecule has 1 unspecified atom stereocenters. The molecule has 1 amide bonds. The average Bonchev–Trinajstić information content (AvgIpc) is 3.52. The van der Waals surface area contributed by atoms with Gasteiger partial charge in [0.15, 0.2) is 0 Å². The summed E-state index contributed by atoms with van der Waals surface area (Å²) in [5.74, 6) is 0.815. The van der Waals surface area contributed by atoms with Gasteiger partial charge in [0.2, 0.25) is 0 Å². The first-order valence-electron chi connectivity index (χ1n) is 13.9. The van der Waals surface area contributed by atoms with E-state index >= 15 is 0 Å². The highest BCUT2D eigenvalue weighted by atomic mass is 35.5. The Kier molecular flexibility index (Phi) is 8.29. The molecule has 6 nitrogen and oxygen atoms in total. The van der Waals surface area contributed by atoms with Crippen molar-refractivity contribution in [1.29, 1.82) is 0 Å². The monoisotopic (exact) mass is 552 g/mol. The maximum Gasteiger partial charge on any atom is 0.410 e. The van der Waals surface area contributed by atoms with Crippen LogP contribution in [0.2, 0.25) is 5.02 Å². The molecular weight excluding hydrogens is 515 g/mol. The summed E-state index contributed by atoms with van der Waals surface area (Å²) in [6.07, 6.45) is 5.79. The maximum atomic E-state index is 13.9. The van der Waals surface area contributed by atoms with Crippen LogP contribution in [0.3, 0.4) is 0 Å². The smallest absolute Gasteiger partial charge is 0.410 e. The number of benzene rings is 2. The van der Waals surface area contributed by atoms with Gasteiger partial charge >= 0.3 is 6.09 Å². The van der Waals surface area contributed by atoms with Gasteiger partial charge in [0.05, 0.1) is 10.7 Å². The molecule has 0 spiro atoms. The van der Waals surface area contributed by atoms with Crippen molar-refractivity contribution in [2.45, 2.75) is 77.1 Å². The Morgan fingerprint density at radius 1 is 1.08 bits per heavy atom. The molecule has 2 aliphatic rings. The molecule has 3 heterocycles. The molecule has 1 aromatic heterocycles. The van der Waals surface area contributed by atoms with E-state index in [9.17, 15) is 9.18 Å². The molecule has 0 saturated carbocycles. The number of rotatable bonds is 6. The molecule has 39 heavy (non-hydrogen) atoms. The lowest BCUT2D eigenvalue weighted by Gasteiger charge is -2.33. The van der Waals surface area contributed by atoms with Crippen LogP contribution in [0.5, 0.6) is 0 Å². The van der Waals surface area contributed by atoms with Gasteiger partial charge in [-0.2, -0.15) is 0 Å². The highest BCUT2D eigenvalue weighted by Crippen LogP contribution is 2.33. The van der Waals surface area contributed by atoms with Gasteiger partial charge in [-0.25, -0.2) is 14.2 Å². The Morgan fingerprint density at radius 2 is 1.82 bits per heavy atom. The minimum absolute atomic E-state index is 0.0964. The number of imidazole rings is 1. The number of hydrogen-bond donors (Lipinski definition) is 0. The van der Waals surface area contributed by atoms with Gasteiger partial charge in [-0.05, 0) is 76.8 Å². The second kappa shape index (κ2) is 11.7. The third-order valence-electron chi connectivity index (χ3n) is 7.67. The van der Waals surface area contributed by atoms with E-state index in [2.05, 4.69) is 46.0 Å². The minimum atomic E-state index is -0.511. The van der Waals surface area contributed by atoms with Gasteiger partial charge in [-0.3, -0.25) is 4.90 Å². The molecule has 0 bridgehead atoms.